The summed E-state index contributed by atoms with van der Waals surface area (Å²) in [4.78, 5) is 11.7. The molecular formula is C16H10Cl3NO3. The molecule has 1 aromatic heterocycles. The van der Waals surface area contributed by atoms with Crippen molar-refractivity contribution in [3.63, 3.8) is 0 Å². The van der Waals surface area contributed by atoms with Gasteiger partial charge in [0.15, 0.2) is 0 Å². The molecule has 7 heteroatoms. The third kappa shape index (κ3) is 4.52. The molecule has 0 N–H and O–H groups in total. The van der Waals surface area contributed by atoms with Crippen LogP contribution in [0.5, 0.6) is 0 Å². The summed E-state index contributed by atoms with van der Waals surface area (Å²) >= 11 is 17.5. The van der Waals surface area contributed by atoms with E-state index in [0.717, 1.165) is 0 Å². The Kier molecular flexibility index (Phi) is 6.12. The van der Waals surface area contributed by atoms with Gasteiger partial charge in [-0.2, -0.15) is 5.26 Å². The van der Waals surface area contributed by atoms with Gasteiger partial charge in [-0.25, -0.2) is 4.79 Å². The Morgan fingerprint density at radius 1 is 1.30 bits per heavy atom. The van der Waals surface area contributed by atoms with Crippen LogP contribution >= 0.6 is 34.8 Å². The average molecular weight is 371 g/mol. The highest BCUT2D eigenvalue weighted by Crippen LogP contribution is 2.32. The van der Waals surface area contributed by atoms with E-state index in [9.17, 15) is 4.79 Å². The predicted octanol–water partition coefficient (Wildman–Crippen LogP) is 4.94. The minimum atomic E-state index is -0.758. The van der Waals surface area contributed by atoms with Crippen LogP contribution in [0.1, 0.15) is 5.76 Å². The van der Waals surface area contributed by atoms with Crippen molar-refractivity contribution in [2.45, 2.75) is 0 Å². The van der Waals surface area contributed by atoms with E-state index < -0.39 is 5.97 Å². The van der Waals surface area contributed by atoms with Crippen LogP contribution in [0.3, 0.4) is 0 Å². The Morgan fingerprint density at radius 2 is 2.09 bits per heavy atom. The van der Waals surface area contributed by atoms with Crippen LogP contribution in [0.4, 0.5) is 0 Å². The van der Waals surface area contributed by atoms with Gasteiger partial charge in [0.05, 0.1) is 10.9 Å². The lowest BCUT2D eigenvalue weighted by Gasteiger charge is -2.01. The first-order valence-corrected chi connectivity index (χ1v) is 7.74. The summed E-state index contributed by atoms with van der Waals surface area (Å²) < 4.78 is 10.4. The van der Waals surface area contributed by atoms with Gasteiger partial charge in [-0.05, 0) is 30.3 Å². The molecule has 23 heavy (non-hydrogen) atoms. The van der Waals surface area contributed by atoms with Gasteiger partial charge in [-0.3, -0.25) is 0 Å². The van der Waals surface area contributed by atoms with E-state index >= 15 is 0 Å². The van der Waals surface area contributed by atoms with Crippen LogP contribution in [0.25, 0.3) is 17.4 Å². The summed E-state index contributed by atoms with van der Waals surface area (Å²) in [7, 11) is 0. The number of rotatable bonds is 5. The summed E-state index contributed by atoms with van der Waals surface area (Å²) in [6, 6.07) is 10.0. The standard InChI is InChI=1S/C16H10Cl3NO3/c17-5-6-22-16(21)10(9-20)7-12-2-4-15(23-12)13-8-11(18)1-3-14(13)19/h1-4,7-8H,5-6H2/b10-7+. The molecule has 2 rings (SSSR count). The van der Waals surface area contributed by atoms with E-state index in [1.807, 2.05) is 0 Å². The normalized spacial score (nSPS) is 11.1. The Balaban J connectivity index is 2.28. The minimum absolute atomic E-state index is 0.0287. The lowest BCUT2D eigenvalue weighted by Crippen LogP contribution is -2.08. The molecule has 0 fully saturated rings. The van der Waals surface area contributed by atoms with Crippen LogP contribution in [0.2, 0.25) is 10.0 Å². The highest BCUT2D eigenvalue weighted by Gasteiger charge is 2.13. The van der Waals surface area contributed by atoms with E-state index in [-0.39, 0.29) is 18.1 Å². The number of hydrogen-bond acceptors (Lipinski definition) is 4. The highest BCUT2D eigenvalue weighted by atomic mass is 35.5. The molecule has 0 aliphatic rings. The Morgan fingerprint density at radius 3 is 2.78 bits per heavy atom. The maximum absolute atomic E-state index is 11.7. The van der Waals surface area contributed by atoms with Gasteiger partial charge in [0, 0.05) is 16.7 Å². The molecule has 0 radical (unpaired) electrons. The Labute approximate surface area is 147 Å². The monoisotopic (exact) mass is 369 g/mol. The van der Waals surface area contributed by atoms with E-state index in [1.165, 1.54) is 6.08 Å². The number of esters is 1. The first-order chi connectivity index (χ1) is 11.0. The van der Waals surface area contributed by atoms with Crippen molar-refractivity contribution in [2.24, 2.45) is 0 Å². The fraction of sp³-hybridized carbons (Fsp3) is 0.125. The number of hydrogen-bond donors (Lipinski definition) is 0. The number of ether oxygens (including phenoxy) is 1. The molecule has 2 aromatic rings. The molecule has 0 unspecified atom stereocenters. The highest BCUT2D eigenvalue weighted by molar-refractivity contribution is 6.35. The van der Waals surface area contributed by atoms with E-state index in [4.69, 9.17) is 49.2 Å². The molecule has 0 amide bonds. The maximum atomic E-state index is 11.7. The van der Waals surface area contributed by atoms with Gasteiger partial charge in [0.1, 0.15) is 29.8 Å². The third-order valence-corrected chi connectivity index (χ3v) is 3.48. The van der Waals surface area contributed by atoms with Gasteiger partial charge in [0.25, 0.3) is 0 Å². The quantitative estimate of drug-likeness (QED) is 0.323. The summed E-state index contributed by atoms with van der Waals surface area (Å²) in [5, 5.41) is 10.0. The number of benzene rings is 1. The largest absolute Gasteiger partial charge is 0.460 e. The van der Waals surface area contributed by atoms with Crippen molar-refractivity contribution in [3.8, 4) is 17.4 Å². The number of furan rings is 1. The molecule has 0 saturated carbocycles. The van der Waals surface area contributed by atoms with Crippen molar-refractivity contribution in [2.75, 3.05) is 12.5 Å². The molecule has 0 spiro atoms. The zero-order valence-electron chi connectivity index (χ0n) is 11.7. The van der Waals surface area contributed by atoms with E-state index in [0.29, 0.717) is 27.1 Å². The number of carbonyl (C=O) groups excluding carboxylic acids is 1. The molecule has 1 aromatic carbocycles. The molecular weight excluding hydrogens is 361 g/mol. The zero-order chi connectivity index (χ0) is 16.8. The number of carbonyl (C=O) groups is 1. The predicted molar refractivity (Wildman–Crippen MR) is 89.4 cm³/mol. The number of halogens is 3. The van der Waals surface area contributed by atoms with Gasteiger partial charge in [0.2, 0.25) is 0 Å². The van der Waals surface area contributed by atoms with E-state index in [1.54, 1.807) is 36.4 Å². The van der Waals surface area contributed by atoms with Crippen molar-refractivity contribution >= 4 is 46.8 Å². The second-order valence-electron chi connectivity index (χ2n) is 4.32. The first-order valence-electron chi connectivity index (χ1n) is 6.45. The van der Waals surface area contributed by atoms with Crippen molar-refractivity contribution in [1.82, 2.24) is 0 Å². The summed E-state index contributed by atoms with van der Waals surface area (Å²) in [6.45, 7) is 0.0287. The fourth-order valence-corrected chi connectivity index (χ4v) is 2.21. The topological polar surface area (TPSA) is 63.2 Å². The lowest BCUT2D eigenvalue weighted by atomic mass is 10.2. The number of alkyl halides is 1. The minimum Gasteiger partial charge on any atom is -0.460 e. The molecule has 1 heterocycles. The van der Waals surface area contributed by atoms with Crippen LogP contribution in [-0.4, -0.2) is 18.5 Å². The third-order valence-electron chi connectivity index (χ3n) is 2.76. The zero-order valence-corrected chi connectivity index (χ0v) is 14.0. The molecule has 118 valence electrons. The van der Waals surface area contributed by atoms with Crippen molar-refractivity contribution in [1.29, 1.82) is 5.26 Å². The molecule has 0 aliphatic carbocycles. The van der Waals surface area contributed by atoms with Crippen LogP contribution < -0.4 is 0 Å². The summed E-state index contributed by atoms with van der Waals surface area (Å²) in [5.74, 6) is 0.181. The van der Waals surface area contributed by atoms with Crippen molar-refractivity contribution < 1.29 is 13.9 Å². The summed E-state index contributed by atoms with van der Waals surface area (Å²) in [5.41, 5.74) is 0.426. The van der Waals surface area contributed by atoms with Gasteiger partial charge >= 0.3 is 5.97 Å². The second-order valence-corrected chi connectivity index (χ2v) is 5.54. The number of nitrogens with zero attached hydrogens (tertiary/aromatic N) is 1. The molecule has 0 bridgehead atoms. The van der Waals surface area contributed by atoms with Crippen LogP contribution in [0.15, 0.2) is 40.3 Å². The van der Waals surface area contributed by atoms with Crippen LogP contribution in [-0.2, 0) is 9.53 Å². The molecule has 0 saturated heterocycles. The average Bonchev–Trinajstić information content (AvgIpc) is 3.01. The van der Waals surface area contributed by atoms with Gasteiger partial charge in [-0.1, -0.05) is 23.2 Å². The maximum Gasteiger partial charge on any atom is 0.349 e. The lowest BCUT2D eigenvalue weighted by molar-refractivity contribution is -0.137. The second kappa shape index (κ2) is 8.07. The SMILES string of the molecule is N#C/C(=C\c1ccc(-c2cc(Cl)ccc2Cl)o1)C(=O)OCCCl. The Bertz CT molecular complexity index is 790. The van der Waals surface area contributed by atoms with Gasteiger partial charge < -0.3 is 9.15 Å². The first kappa shape index (κ1) is 17.4. The van der Waals surface area contributed by atoms with Gasteiger partial charge in [-0.15, -0.1) is 11.6 Å². The molecule has 0 aliphatic heterocycles. The summed E-state index contributed by atoms with van der Waals surface area (Å²) in [6.07, 6.45) is 1.29. The fourth-order valence-electron chi connectivity index (χ4n) is 1.75. The Hall–Kier alpha value is -1.93. The smallest absolute Gasteiger partial charge is 0.349 e. The molecule has 0 atom stereocenters. The molecule has 4 nitrogen and oxygen atoms in total. The van der Waals surface area contributed by atoms with Crippen molar-refractivity contribution in [3.05, 3.63) is 51.7 Å². The van der Waals surface area contributed by atoms with Crippen LogP contribution in [0, 0.1) is 11.3 Å². The van der Waals surface area contributed by atoms with E-state index in [2.05, 4.69) is 0 Å². The number of nitriles is 1.